The number of rotatable bonds is 0. The van der Waals surface area contributed by atoms with Crippen LogP contribution < -0.4 is 0 Å². The lowest BCUT2D eigenvalue weighted by atomic mass is 9.30. The maximum atomic E-state index is 12.3. The SMILES string of the molecule is O=C1C[C@H]2[C@H]3[C@@H]4[C@@H]5[C@H]([C@@H]2[C@@]5(Br)C32OCCO2)[C@@]14Br. The van der Waals surface area contributed by atoms with Crippen molar-refractivity contribution in [3.8, 4) is 0 Å². The highest BCUT2D eigenvalue weighted by atomic mass is 79.9. The summed E-state index contributed by atoms with van der Waals surface area (Å²) in [7, 11) is 0. The van der Waals surface area contributed by atoms with Gasteiger partial charge < -0.3 is 9.47 Å². The zero-order valence-corrected chi connectivity index (χ0v) is 12.7. The fourth-order valence-corrected chi connectivity index (χ4v) is 9.84. The van der Waals surface area contributed by atoms with Crippen LogP contribution in [0.1, 0.15) is 6.42 Å². The van der Waals surface area contributed by atoms with Crippen LogP contribution in [0.15, 0.2) is 0 Å². The molecule has 0 aromatic carbocycles. The van der Waals surface area contributed by atoms with E-state index in [-0.39, 0.29) is 8.65 Å². The zero-order chi connectivity index (χ0) is 12.1. The van der Waals surface area contributed by atoms with Gasteiger partial charge in [-0.05, 0) is 29.6 Å². The van der Waals surface area contributed by atoms with Crippen LogP contribution in [0.3, 0.4) is 0 Å². The summed E-state index contributed by atoms with van der Waals surface area (Å²) in [6.45, 7) is 1.41. The van der Waals surface area contributed by atoms with Gasteiger partial charge in [-0.1, -0.05) is 31.9 Å². The monoisotopic (exact) mass is 374 g/mol. The Bertz CT molecular complexity index is 530. The molecule has 1 aliphatic heterocycles. The number of carbonyl (C=O) groups is 1. The molecule has 6 aliphatic carbocycles. The molecule has 5 heteroatoms. The number of Topliss-reactive ketones (excluding diaryl/α,β-unsaturated/α-hetero) is 1. The molecule has 7 aliphatic rings. The van der Waals surface area contributed by atoms with Crippen molar-refractivity contribution in [3.63, 3.8) is 0 Å². The van der Waals surface area contributed by atoms with Crippen LogP contribution in [-0.4, -0.2) is 33.4 Å². The summed E-state index contributed by atoms with van der Waals surface area (Å²) in [6, 6.07) is 0. The van der Waals surface area contributed by atoms with E-state index >= 15 is 0 Å². The van der Waals surface area contributed by atoms with Crippen LogP contribution in [0.5, 0.6) is 0 Å². The van der Waals surface area contributed by atoms with Crippen molar-refractivity contribution < 1.29 is 14.3 Å². The summed E-state index contributed by atoms with van der Waals surface area (Å²) < 4.78 is 12.0. The predicted molar refractivity (Wildman–Crippen MR) is 68.5 cm³/mol. The maximum absolute atomic E-state index is 12.3. The fourth-order valence-electron chi connectivity index (χ4n) is 6.85. The lowest BCUT2D eigenvalue weighted by Crippen LogP contribution is -2.85. The molecule has 8 atom stereocenters. The molecule has 0 aromatic rings. The summed E-state index contributed by atoms with van der Waals surface area (Å²) in [4.78, 5) is 12.3. The molecule has 7 fully saturated rings. The normalized spacial score (nSPS) is 71.8. The Morgan fingerprint density at radius 1 is 1.00 bits per heavy atom. The molecule has 1 spiro atoms. The molecule has 1 saturated heterocycles. The Kier molecular flexibility index (Phi) is 1.39. The lowest BCUT2D eigenvalue weighted by Gasteiger charge is -2.78. The smallest absolute Gasteiger partial charge is 0.187 e. The molecule has 18 heavy (non-hydrogen) atoms. The molecule has 1 heterocycles. The zero-order valence-electron chi connectivity index (χ0n) is 9.57. The molecular weight excluding hydrogens is 364 g/mol. The van der Waals surface area contributed by atoms with Crippen molar-refractivity contribution in [1.29, 1.82) is 0 Å². The number of hydrogen-bond acceptors (Lipinski definition) is 3. The van der Waals surface area contributed by atoms with Gasteiger partial charge >= 0.3 is 0 Å². The molecule has 0 radical (unpaired) electrons. The number of alkyl halides is 2. The summed E-state index contributed by atoms with van der Waals surface area (Å²) in [5, 5.41) is 0. The molecule has 3 nitrogen and oxygen atoms in total. The first-order valence-electron chi connectivity index (χ1n) is 6.77. The van der Waals surface area contributed by atoms with Gasteiger partial charge in [0.15, 0.2) is 5.79 Å². The minimum absolute atomic E-state index is 0.0130. The first kappa shape index (κ1) is 10.3. The largest absolute Gasteiger partial charge is 0.346 e. The van der Waals surface area contributed by atoms with Crippen LogP contribution >= 0.6 is 31.9 Å². The highest BCUT2D eigenvalue weighted by Gasteiger charge is 3.01. The minimum Gasteiger partial charge on any atom is -0.346 e. The molecule has 0 aromatic heterocycles. The number of ketones is 1. The van der Waals surface area contributed by atoms with Gasteiger partial charge in [-0.15, -0.1) is 0 Å². The van der Waals surface area contributed by atoms with E-state index in [4.69, 9.17) is 9.47 Å². The van der Waals surface area contributed by atoms with E-state index in [0.29, 0.717) is 54.5 Å². The molecule has 6 saturated carbocycles. The van der Waals surface area contributed by atoms with Crippen molar-refractivity contribution in [2.75, 3.05) is 13.2 Å². The third-order valence-electron chi connectivity index (χ3n) is 6.95. The second-order valence-corrected chi connectivity index (χ2v) is 9.44. The molecule has 96 valence electrons. The first-order chi connectivity index (χ1) is 8.58. The Morgan fingerprint density at radius 2 is 1.67 bits per heavy atom. The van der Waals surface area contributed by atoms with Crippen LogP contribution in [0.25, 0.3) is 0 Å². The average molecular weight is 376 g/mol. The fraction of sp³-hybridized carbons (Fsp3) is 0.923. The Morgan fingerprint density at radius 3 is 2.39 bits per heavy atom. The number of halogens is 2. The first-order valence-corrected chi connectivity index (χ1v) is 8.36. The quantitative estimate of drug-likeness (QED) is 0.605. The van der Waals surface area contributed by atoms with Crippen molar-refractivity contribution in [2.24, 2.45) is 35.5 Å². The van der Waals surface area contributed by atoms with Crippen molar-refractivity contribution in [2.45, 2.75) is 20.9 Å². The number of hydrogen-bond donors (Lipinski definition) is 0. The van der Waals surface area contributed by atoms with Gasteiger partial charge in [0.05, 0.1) is 21.9 Å². The van der Waals surface area contributed by atoms with Gasteiger partial charge in [-0.25, -0.2) is 0 Å². The standard InChI is InChI=1S/C13H12Br2O3/c14-11-5(16)3-4-6-8(11)10-9(11)7(4)13(12(6,10)15)17-1-2-18-13/h4,6-10H,1-3H2/t4-,6-,7+,8+,9-,10+,11+,12+/m1/s1. The van der Waals surface area contributed by atoms with Gasteiger partial charge in [0.25, 0.3) is 0 Å². The van der Waals surface area contributed by atoms with Crippen LogP contribution in [-0.2, 0) is 14.3 Å². The van der Waals surface area contributed by atoms with Crippen molar-refractivity contribution in [1.82, 2.24) is 0 Å². The third-order valence-corrected chi connectivity index (χ3v) is 10.1. The van der Waals surface area contributed by atoms with Crippen LogP contribution in [0, 0.1) is 35.5 Å². The Hall–Kier alpha value is 0.550. The summed E-state index contributed by atoms with van der Waals surface area (Å²) in [5.74, 6) is 3.09. The van der Waals surface area contributed by atoms with Gasteiger partial charge in [-0.3, -0.25) is 4.79 Å². The number of carbonyl (C=O) groups excluding carboxylic acids is 1. The summed E-state index contributed by atoms with van der Waals surface area (Å²) in [6.07, 6.45) is 0.724. The van der Waals surface area contributed by atoms with E-state index in [1.54, 1.807) is 0 Å². The van der Waals surface area contributed by atoms with Crippen molar-refractivity contribution >= 4 is 37.6 Å². The van der Waals surface area contributed by atoms with Gasteiger partial charge in [-0.2, -0.15) is 0 Å². The van der Waals surface area contributed by atoms with E-state index in [1.165, 1.54) is 0 Å². The highest BCUT2D eigenvalue weighted by molar-refractivity contribution is 9.10. The third kappa shape index (κ3) is 0.587. The molecule has 0 N–H and O–H groups in total. The molecule has 0 amide bonds. The Balaban J connectivity index is 1.64. The molecule has 4 bridgehead atoms. The predicted octanol–water partition coefficient (Wildman–Crippen LogP) is 1.72. The number of ether oxygens (including phenoxy) is 2. The molecule has 7 rings (SSSR count). The van der Waals surface area contributed by atoms with Gasteiger partial charge in [0, 0.05) is 12.3 Å². The highest BCUT2D eigenvalue weighted by Crippen LogP contribution is 2.94. The van der Waals surface area contributed by atoms with Crippen LogP contribution in [0.4, 0.5) is 0 Å². The number of fused-ring (bicyclic) bond motifs is 1. The van der Waals surface area contributed by atoms with E-state index < -0.39 is 5.79 Å². The van der Waals surface area contributed by atoms with Gasteiger partial charge in [0.2, 0.25) is 0 Å². The van der Waals surface area contributed by atoms with E-state index in [0.717, 1.165) is 6.42 Å². The molecular formula is C13H12Br2O3. The van der Waals surface area contributed by atoms with E-state index in [1.807, 2.05) is 0 Å². The van der Waals surface area contributed by atoms with E-state index in [9.17, 15) is 4.79 Å². The minimum atomic E-state index is -0.412. The maximum Gasteiger partial charge on any atom is 0.187 e. The van der Waals surface area contributed by atoms with E-state index in [2.05, 4.69) is 31.9 Å². The summed E-state index contributed by atoms with van der Waals surface area (Å²) in [5.41, 5.74) is 0. The average Bonchev–Trinajstić information content (AvgIpc) is 2.90. The molecule has 0 unspecified atom stereocenters. The van der Waals surface area contributed by atoms with Gasteiger partial charge in [0.1, 0.15) is 5.78 Å². The lowest BCUT2D eigenvalue weighted by molar-refractivity contribution is -0.225. The second kappa shape index (κ2) is 2.42. The van der Waals surface area contributed by atoms with Crippen molar-refractivity contribution in [3.05, 3.63) is 0 Å². The Labute approximate surface area is 121 Å². The topological polar surface area (TPSA) is 35.5 Å². The van der Waals surface area contributed by atoms with Crippen LogP contribution in [0.2, 0.25) is 0 Å². The second-order valence-electron chi connectivity index (χ2n) is 6.82. The summed E-state index contributed by atoms with van der Waals surface area (Å²) >= 11 is 7.84.